The van der Waals surface area contributed by atoms with Crippen molar-refractivity contribution in [1.82, 2.24) is 4.58 Å². The summed E-state index contributed by atoms with van der Waals surface area (Å²) in [6.07, 6.45) is 0. The largest absolute Gasteiger partial charge is 0.223 e. The zero-order chi connectivity index (χ0) is 9.64. The Morgan fingerprint density at radius 3 is 2.38 bits per heavy atom. The highest BCUT2D eigenvalue weighted by Crippen LogP contribution is 2.18. The maximum Gasteiger partial charge on any atom is 0.207 e. The van der Waals surface area contributed by atoms with Gasteiger partial charge >= 0.3 is 0 Å². The van der Waals surface area contributed by atoms with Crippen LogP contribution in [0.25, 0.3) is 5.57 Å². The summed E-state index contributed by atoms with van der Waals surface area (Å²) in [5.41, 5.74) is 1.63. The van der Waals surface area contributed by atoms with E-state index in [4.69, 9.17) is 0 Å². The molecule has 0 radical (unpaired) electrons. The van der Waals surface area contributed by atoms with Gasteiger partial charge in [0.15, 0.2) is 5.54 Å². The predicted molar refractivity (Wildman–Crippen MR) is 56.0 cm³/mol. The lowest BCUT2D eigenvalue weighted by molar-refractivity contribution is 0.470. The molecule has 0 amide bonds. The van der Waals surface area contributed by atoms with E-state index in [-0.39, 0.29) is 5.54 Å². The Labute approximate surface area is 79.0 Å². The van der Waals surface area contributed by atoms with Crippen molar-refractivity contribution in [1.29, 1.82) is 0 Å². The fraction of sp³-hybridized carbons (Fsp3) is 0.417. The van der Waals surface area contributed by atoms with Crippen LogP contribution in [0.3, 0.4) is 0 Å². The fourth-order valence-corrected chi connectivity index (χ4v) is 1.97. The van der Waals surface area contributed by atoms with Gasteiger partial charge in [-0.25, -0.2) is 4.58 Å². The molecule has 1 heteroatoms. The molecule has 0 N–H and O–H groups in total. The van der Waals surface area contributed by atoms with Crippen molar-refractivity contribution in [2.75, 3.05) is 7.05 Å². The highest BCUT2D eigenvalue weighted by atomic mass is 15.1. The van der Waals surface area contributed by atoms with Gasteiger partial charge in [-0.2, -0.15) is 0 Å². The normalized spacial score (nSPS) is 19.1. The van der Waals surface area contributed by atoms with E-state index in [0.29, 0.717) is 0 Å². The quantitative estimate of drug-likeness (QED) is 0.511. The molecule has 0 aliphatic carbocycles. The van der Waals surface area contributed by atoms with Crippen LogP contribution in [0.5, 0.6) is 0 Å². The summed E-state index contributed by atoms with van der Waals surface area (Å²) in [6, 6.07) is 8.60. The minimum atomic E-state index is 0.170. The van der Waals surface area contributed by atoms with Crippen LogP contribution >= 0.6 is 0 Å². The highest BCUT2D eigenvalue weighted by Gasteiger charge is 2.35. The lowest BCUT2D eigenvalue weighted by Gasteiger charge is -2.16. The van der Waals surface area contributed by atoms with Crippen molar-refractivity contribution in [3.8, 4) is 0 Å². The van der Waals surface area contributed by atoms with Gasteiger partial charge in [-0.15, -0.1) is 0 Å². The average molecular weight is 174 g/mol. The molecule has 0 saturated carbocycles. The summed E-state index contributed by atoms with van der Waals surface area (Å²) in [7, 11) is 2.16. The van der Waals surface area contributed by atoms with Crippen LogP contribution in [0.2, 0.25) is 0 Å². The van der Waals surface area contributed by atoms with Crippen LogP contribution in [0.15, 0.2) is 24.3 Å². The number of nitrogens with zero attached hydrogens (tertiary/aromatic N) is 1. The van der Waals surface area contributed by atoms with E-state index < -0.39 is 0 Å². The summed E-state index contributed by atoms with van der Waals surface area (Å²) in [5, 5.41) is 2.75. The summed E-state index contributed by atoms with van der Waals surface area (Å²) in [5.74, 6) is 0. The Morgan fingerprint density at radius 1 is 1.15 bits per heavy atom. The lowest BCUT2D eigenvalue weighted by Crippen LogP contribution is -2.40. The number of hydrogen-bond donors (Lipinski definition) is 0. The average Bonchev–Trinajstić information content (AvgIpc) is 2.30. The summed E-state index contributed by atoms with van der Waals surface area (Å²) in [6.45, 7) is 6.76. The SMILES string of the molecule is CC1=c2ccccc2=[N+](C)C1(C)C. The van der Waals surface area contributed by atoms with E-state index in [2.05, 4.69) is 56.7 Å². The Hall–Kier alpha value is -1.11. The first-order valence-electron chi connectivity index (χ1n) is 4.72. The predicted octanol–water partition coefficient (Wildman–Crippen LogP) is 0.770. The van der Waals surface area contributed by atoms with E-state index in [1.807, 2.05) is 0 Å². The Kier molecular flexibility index (Phi) is 1.59. The molecular weight excluding hydrogens is 158 g/mol. The first-order chi connectivity index (χ1) is 6.05. The molecule has 1 aromatic rings. The maximum atomic E-state index is 2.34. The number of hydrogen-bond acceptors (Lipinski definition) is 0. The van der Waals surface area contributed by atoms with Gasteiger partial charge in [-0.05, 0) is 13.0 Å². The zero-order valence-corrected chi connectivity index (χ0v) is 8.76. The van der Waals surface area contributed by atoms with Crippen LogP contribution in [0, 0.1) is 0 Å². The van der Waals surface area contributed by atoms with Crippen molar-refractivity contribution in [3.05, 3.63) is 34.8 Å². The standard InChI is InChI=1S/C12H16N/c1-9-10-7-5-6-8-11(10)13(4)12(9,2)3/h5-8H,1-4H3/q+1. The number of benzene rings is 1. The highest BCUT2D eigenvalue weighted by molar-refractivity contribution is 5.55. The van der Waals surface area contributed by atoms with Gasteiger partial charge in [0.05, 0.1) is 5.22 Å². The zero-order valence-electron chi connectivity index (χ0n) is 8.76. The van der Waals surface area contributed by atoms with Crippen LogP contribution in [0.1, 0.15) is 20.8 Å². The first kappa shape index (κ1) is 8.49. The number of rotatable bonds is 0. The van der Waals surface area contributed by atoms with Gasteiger partial charge in [-0.3, -0.25) is 0 Å². The van der Waals surface area contributed by atoms with Crippen LogP contribution in [-0.4, -0.2) is 12.6 Å². The molecule has 13 heavy (non-hydrogen) atoms. The summed E-state index contributed by atoms with van der Waals surface area (Å²) < 4.78 is 2.34. The van der Waals surface area contributed by atoms with E-state index in [0.717, 1.165) is 0 Å². The minimum Gasteiger partial charge on any atom is -0.223 e. The Bertz CT molecular complexity index is 423. The topological polar surface area (TPSA) is 3.01 Å². The molecule has 0 fully saturated rings. The van der Waals surface area contributed by atoms with E-state index in [1.54, 1.807) is 0 Å². The molecular formula is C12H16N+. The van der Waals surface area contributed by atoms with Gasteiger partial charge in [0.25, 0.3) is 0 Å². The smallest absolute Gasteiger partial charge is 0.207 e. The molecule has 1 aliphatic heterocycles. The molecule has 1 aromatic carbocycles. The number of fused-ring (bicyclic) bond motifs is 1. The van der Waals surface area contributed by atoms with Crippen LogP contribution < -0.4 is 15.2 Å². The molecule has 0 saturated heterocycles. The molecule has 0 atom stereocenters. The van der Waals surface area contributed by atoms with Crippen molar-refractivity contribution < 1.29 is 0 Å². The molecule has 0 spiro atoms. The molecule has 68 valence electrons. The van der Waals surface area contributed by atoms with Crippen molar-refractivity contribution in [3.63, 3.8) is 0 Å². The van der Waals surface area contributed by atoms with E-state index in [1.165, 1.54) is 16.1 Å². The minimum absolute atomic E-state index is 0.170. The van der Waals surface area contributed by atoms with Gasteiger partial charge in [-0.1, -0.05) is 12.1 Å². The van der Waals surface area contributed by atoms with Crippen molar-refractivity contribution in [2.24, 2.45) is 0 Å². The van der Waals surface area contributed by atoms with E-state index >= 15 is 0 Å². The molecule has 1 aliphatic rings. The summed E-state index contributed by atoms with van der Waals surface area (Å²) >= 11 is 0. The van der Waals surface area contributed by atoms with Gasteiger partial charge in [0, 0.05) is 25.5 Å². The second-order valence-corrected chi connectivity index (χ2v) is 4.26. The van der Waals surface area contributed by atoms with Gasteiger partial charge < -0.3 is 0 Å². The van der Waals surface area contributed by atoms with Crippen molar-refractivity contribution in [2.45, 2.75) is 26.3 Å². The summed E-state index contributed by atoms with van der Waals surface area (Å²) in [4.78, 5) is 0. The van der Waals surface area contributed by atoms with Crippen LogP contribution in [0.4, 0.5) is 0 Å². The Morgan fingerprint density at radius 2 is 1.77 bits per heavy atom. The third-order valence-electron chi connectivity index (χ3n) is 3.43. The third-order valence-corrected chi connectivity index (χ3v) is 3.43. The Balaban J connectivity index is 2.99. The monoisotopic (exact) mass is 174 g/mol. The molecule has 0 bridgehead atoms. The maximum absolute atomic E-state index is 2.34. The first-order valence-corrected chi connectivity index (χ1v) is 4.72. The third kappa shape index (κ3) is 0.963. The molecule has 1 heterocycles. The van der Waals surface area contributed by atoms with Crippen molar-refractivity contribution >= 4 is 5.57 Å². The molecule has 1 nitrogen and oxygen atoms in total. The van der Waals surface area contributed by atoms with E-state index in [9.17, 15) is 0 Å². The second-order valence-electron chi connectivity index (χ2n) is 4.26. The van der Waals surface area contributed by atoms with Gasteiger partial charge in [0.2, 0.25) is 5.36 Å². The molecule has 0 aromatic heterocycles. The lowest BCUT2D eigenvalue weighted by atomic mass is 9.96. The molecule has 2 rings (SSSR count). The fourth-order valence-electron chi connectivity index (χ4n) is 1.97. The second kappa shape index (κ2) is 2.44. The molecule has 0 unspecified atom stereocenters. The van der Waals surface area contributed by atoms with Gasteiger partial charge in [0.1, 0.15) is 7.05 Å². The number of para-hydroxylation sites is 1. The van der Waals surface area contributed by atoms with Crippen LogP contribution in [-0.2, 0) is 0 Å².